The molecule has 0 amide bonds. The molecule has 1 atom stereocenters. The molecular formula is C9H20ClNO2S. The van der Waals surface area contributed by atoms with Crippen LogP contribution in [0.1, 0.15) is 33.1 Å². The van der Waals surface area contributed by atoms with Crippen LogP contribution in [0.25, 0.3) is 0 Å². The molecule has 0 spiro atoms. The Labute approximate surface area is 92.5 Å². The Morgan fingerprint density at radius 3 is 2.43 bits per heavy atom. The molecule has 0 N–H and O–H groups in total. The molecule has 1 unspecified atom stereocenters. The summed E-state index contributed by atoms with van der Waals surface area (Å²) in [4.78, 5) is 0. The molecule has 0 radical (unpaired) electrons. The van der Waals surface area contributed by atoms with Gasteiger partial charge in [0.2, 0.25) is 10.0 Å². The molecule has 0 saturated heterocycles. The number of sulfonamides is 1. The Morgan fingerprint density at radius 2 is 2.00 bits per heavy atom. The van der Waals surface area contributed by atoms with Gasteiger partial charge < -0.3 is 0 Å². The van der Waals surface area contributed by atoms with Crippen LogP contribution < -0.4 is 0 Å². The third kappa shape index (κ3) is 4.62. The number of nitrogens with zero attached hydrogens (tertiary/aromatic N) is 1. The van der Waals surface area contributed by atoms with Gasteiger partial charge >= 0.3 is 0 Å². The maximum Gasteiger partial charge on any atom is 0.214 e. The van der Waals surface area contributed by atoms with E-state index in [0.717, 1.165) is 12.8 Å². The number of hydrogen-bond acceptors (Lipinski definition) is 2. The highest BCUT2D eigenvalue weighted by Crippen LogP contribution is 2.10. The Morgan fingerprint density at radius 1 is 1.43 bits per heavy atom. The molecule has 3 nitrogen and oxygen atoms in total. The summed E-state index contributed by atoms with van der Waals surface area (Å²) in [5, 5.41) is 0. The molecule has 0 aliphatic carbocycles. The third-order valence-corrected chi connectivity index (χ3v) is 4.61. The molecule has 0 aliphatic rings. The van der Waals surface area contributed by atoms with Gasteiger partial charge in [0.05, 0.1) is 5.75 Å². The molecular weight excluding hydrogens is 222 g/mol. The van der Waals surface area contributed by atoms with Gasteiger partial charge in [0.25, 0.3) is 0 Å². The quantitative estimate of drug-likeness (QED) is 0.640. The van der Waals surface area contributed by atoms with E-state index in [1.54, 1.807) is 7.05 Å². The van der Waals surface area contributed by atoms with Crippen molar-refractivity contribution in [2.75, 3.05) is 18.7 Å². The van der Waals surface area contributed by atoms with Crippen LogP contribution in [0.15, 0.2) is 0 Å². The fourth-order valence-electron chi connectivity index (χ4n) is 1.25. The molecule has 0 saturated carbocycles. The average Bonchev–Trinajstić information content (AvgIpc) is 2.14. The Bertz CT molecular complexity index is 241. The van der Waals surface area contributed by atoms with E-state index in [1.165, 1.54) is 4.31 Å². The normalized spacial score (nSPS) is 14.6. The highest BCUT2D eigenvalue weighted by molar-refractivity contribution is 7.89. The third-order valence-electron chi connectivity index (χ3n) is 2.30. The molecule has 0 heterocycles. The minimum absolute atomic E-state index is 0.0836. The van der Waals surface area contributed by atoms with E-state index in [9.17, 15) is 8.42 Å². The maximum atomic E-state index is 11.7. The first-order valence-electron chi connectivity index (χ1n) is 4.97. The van der Waals surface area contributed by atoms with E-state index in [-0.39, 0.29) is 11.8 Å². The van der Waals surface area contributed by atoms with E-state index in [4.69, 9.17) is 11.6 Å². The molecule has 0 rings (SSSR count). The van der Waals surface area contributed by atoms with E-state index in [1.807, 2.05) is 6.92 Å². The van der Waals surface area contributed by atoms with Gasteiger partial charge in [0.1, 0.15) is 0 Å². The highest BCUT2D eigenvalue weighted by Gasteiger charge is 2.21. The lowest BCUT2D eigenvalue weighted by molar-refractivity contribution is 0.368. The summed E-state index contributed by atoms with van der Waals surface area (Å²) >= 11 is 5.47. The number of hydrogen-bond donors (Lipinski definition) is 0. The lowest BCUT2D eigenvalue weighted by atomic mass is 10.2. The fraction of sp³-hybridized carbons (Fsp3) is 1.00. The zero-order valence-corrected chi connectivity index (χ0v) is 10.7. The van der Waals surface area contributed by atoms with Crippen molar-refractivity contribution in [1.29, 1.82) is 0 Å². The smallest absolute Gasteiger partial charge is 0.212 e. The molecule has 0 aromatic heterocycles. The van der Waals surface area contributed by atoms with Crippen LogP contribution in [0.4, 0.5) is 0 Å². The zero-order chi connectivity index (χ0) is 11.2. The van der Waals surface area contributed by atoms with E-state index in [2.05, 4.69) is 6.92 Å². The lowest BCUT2D eigenvalue weighted by Crippen LogP contribution is -2.36. The summed E-state index contributed by atoms with van der Waals surface area (Å²) in [6, 6.07) is 0.0836. The van der Waals surface area contributed by atoms with Crippen molar-refractivity contribution in [2.45, 2.75) is 39.2 Å². The SMILES string of the molecule is CCCC(C)N(C)S(=O)(=O)CCCCl. The monoisotopic (exact) mass is 241 g/mol. The number of halogens is 1. The van der Waals surface area contributed by atoms with Gasteiger partial charge in [-0.15, -0.1) is 11.6 Å². The van der Waals surface area contributed by atoms with Gasteiger partial charge in [0.15, 0.2) is 0 Å². The van der Waals surface area contributed by atoms with Crippen LogP contribution in [0.2, 0.25) is 0 Å². The largest absolute Gasteiger partial charge is 0.214 e. The van der Waals surface area contributed by atoms with Gasteiger partial charge in [-0.2, -0.15) is 0 Å². The molecule has 0 aromatic rings. The van der Waals surface area contributed by atoms with E-state index < -0.39 is 10.0 Å². The number of rotatable bonds is 7. The Kier molecular flexibility index (Phi) is 6.74. The molecule has 0 fully saturated rings. The Hall–Kier alpha value is 0.200. The van der Waals surface area contributed by atoms with Gasteiger partial charge in [0, 0.05) is 19.0 Å². The summed E-state index contributed by atoms with van der Waals surface area (Å²) in [6.45, 7) is 3.98. The first-order chi connectivity index (χ1) is 6.45. The second-order valence-corrected chi connectivity index (χ2v) is 6.04. The second-order valence-electron chi connectivity index (χ2n) is 3.51. The van der Waals surface area contributed by atoms with E-state index >= 15 is 0 Å². The molecule has 0 bridgehead atoms. The fourth-order valence-corrected chi connectivity index (χ4v) is 3.00. The van der Waals surface area contributed by atoms with Crippen molar-refractivity contribution in [1.82, 2.24) is 4.31 Å². The predicted molar refractivity (Wildman–Crippen MR) is 61.3 cm³/mol. The predicted octanol–water partition coefficient (Wildman–Crippen LogP) is 2.07. The van der Waals surface area contributed by atoms with Gasteiger partial charge in [-0.1, -0.05) is 13.3 Å². The summed E-state index contributed by atoms with van der Waals surface area (Å²) in [6.07, 6.45) is 2.42. The Balaban J connectivity index is 4.27. The summed E-state index contributed by atoms with van der Waals surface area (Å²) < 4.78 is 24.8. The lowest BCUT2D eigenvalue weighted by Gasteiger charge is -2.23. The van der Waals surface area contributed by atoms with Crippen LogP contribution >= 0.6 is 11.6 Å². The molecule has 5 heteroatoms. The molecule has 14 heavy (non-hydrogen) atoms. The van der Waals surface area contributed by atoms with Gasteiger partial charge in [-0.25, -0.2) is 12.7 Å². The minimum atomic E-state index is -3.09. The molecule has 86 valence electrons. The summed E-state index contributed by atoms with van der Waals surface area (Å²) in [5.74, 6) is 0.552. The first kappa shape index (κ1) is 14.2. The second kappa shape index (κ2) is 6.64. The van der Waals surface area contributed by atoms with Gasteiger partial charge in [-0.05, 0) is 19.8 Å². The van der Waals surface area contributed by atoms with Crippen molar-refractivity contribution in [3.8, 4) is 0 Å². The van der Waals surface area contributed by atoms with Crippen molar-refractivity contribution < 1.29 is 8.42 Å². The van der Waals surface area contributed by atoms with Gasteiger partial charge in [-0.3, -0.25) is 0 Å². The van der Waals surface area contributed by atoms with Crippen LogP contribution in [0.3, 0.4) is 0 Å². The summed E-state index contributed by atoms with van der Waals surface area (Å²) in [5.41, 5.74) is 0. The molecule has 0 aromatic carbocycles. The van der Waals surface area contributed by atoms with Crippen molar-refractivity contribution in [3.63, 3.8) is 0 Å². The van der Waals surface area contributed by atoms with E-state index in [0.29, 0.717) is 12.3 Å². The van der Waals surface area contributed by atoms with Crippen LogP contribution in [-0.2, 0) is 10.0 Å². The standard InChI is InChI=1S/C9H20ClNO2S/c1-4-6-9(2)11(3)14(12,13)8-5-7-10/h9H,4-8H2,1-3H3. The van der Waals surface area contributed by atoms with Crippen molar-refractivity contribution in [3.05, 3.63) is 0 Å². The summed E-state index contributed by atoms with van der Waals surface area (Å²) in [7, 11) is -1.45. The molecule has 0 aliphatic heterocycles. The first-order valence-corrected chi connectivity index (χ1v) is 7.11. The van der Waals surface area contributed by atoms with Crippen LogP contribution in [0, 0.1) is 0 Å². The number of alkyl halides is 1. The maximum absolute atomic E-state index is 11.7. The van der Waals surface area contributed by atoms with Crippen LogP contribution in [-0.4, -0.2) is 37.4 Å². The van der Waals surface area contributed by atoms with Crippen molar-refractivity contribution >= 4 is 21.6 Å². The highest BCUT2D eigenvalue weighted by atomic mass is 35.5. The zero-order valence-electron chi connectivity index (χ0n) is 9.16. The van der Waals surface area contributed by atoms with Crippen molar-refractivity contribution in [2.24, 2.45) is 0 Å². The average molecular weight is 242 g/mol. The minimum Gasteiger partial charge on any atom is -0.212 e. The topological polar surface area (TPSA) is 37.4 Å². The van der Waals surface area contributed by atoms with Crippen LogP contribution in [0.5, 0.6) is 0 Å².